The Morgan fingerprint density at radius 3 is 1.35 bits per heavy atom. The number of hydrogen-bond acceptors (Lipinski definition) is 2. The van der Waals surface area contributed by atoms with Crippen molar-refractivity contribution in [2.75, 3.05) is 11.8 Å². The second-order valence-corrected chi connectivity index (χ2v) is 33.9. The Hall–Kier alpha value is 1.11. The SMILES string of the molecule is C=C(C)C[Si](C)(C)CCCCl.CCC(C)[Si](C)(O)C(C)CC.CCC(C)[Si](C)(O[Si](C)(C)CCCCl)C(C)CC. The summed E-state index contributed by atoms with van der Waals surface area (Å²) in [4.78, 5) is 10.2. The van der Waals surface area contributed by atoms with E-state index in [0.717, 1.165) is 42.1 Å². The van der Waals surface area contributed by atoms with E-state index in [1.54, 1.807) is 0 Å². The molecular weight excluding hydrogens is 600 g/mol. The van der Waals surface area contributed by atoms with E-state index < -0.39 is 33.0 Å². The maximum Gasteiger partial charge on any atom is 0.191 e. The highest BCUT2D eigenvalue weighted by Crippen LogP contribution is 2.40. The van der Waals surface area contributed by atoms with E-state index in [1.165, 1.54) is 43.0 Å². The van der Waals surface area contributed by atoms with Crippen LogP contribution in [-0.2, 0) is 4.12 Å². The van der Waals surface area contributed by atoms with E-state index in [4.69, 9.17) is 27.3 Å². The molecular formula is C32H74Cl2O2Si4. The van der Waals surface area contributed by atoms with Gasteiger partial charge < -0.3 is 8.91 Å². The van der Waals surface area contributed by atoms with Crippen LogP contribution < -0.4 is 0 Å². The summed E-state index contributed by atoms with van der Waals surface area (Å²) in [7, 11) is -6.04. The van der Waals surface area contributed by atoms with Gasteiger partial charge in [-0.15, -0.1) is 29.8 Å². The van der Waals surface area contributed by atoms with Gasteiger partial charge in [0.05, 0.1) is 8.07 Å². The van der Waals surface area contributed by atoms with Crippen LogP contribution in [-0.4, -0.2) is 49.6 Å². The molecule has 0 heterocycles. The van der Waals surface area contributed by atoms with Gasteiger partial charge in [-0.05, 0) is 80.2 Å². The summed E-state index contributed by atoms with van der Waals surface area (Å²) in [5, 5.41) is 0. The monoisotopic (exact) mass is 672 g/mol. The Balaban J connectivity index is -0.000000541. The molecule has 0 saturated heterocycles. The fourth-order valence-corrected chi connectivity index (χ4v) is 22.1. The minimum Gasteiger partial charge on any atom is -0.455 e. The van der Waals surface area contributed by atoms with Crippen molar-refractivity contribution in [3.63, 3.8) is 0 Å². The van der Waals surface area contributed by atoms with Crippen molar-refractivity contribution >= 4 is 56.2 Å². The summed E-state index contributed by atoms with van der Waals surface area (Å²) in [5.74, 6) is 1.58. The summed E-state index contributed by atoms with van der Waals surface area (Å²) >= 11 is 11.5. The van der Waals surface area contributed by atoms with Crippen molar-refractivity contribution < 1.29 is 8.91 Å². The van der Waals surface area contributed by atoms with Crippen LogP contribution in [0.1, 0.15) is 101 Å². The Morgan fingerprint density at radius 1 is 0.700 bits per heavy atom. The van der Waals surface area contributed by atoms with Gasteiger partial charge in [0.2, 0.25) is 0 Å². The molecule has 8 heteroatoms. The molecule has 1 N–H and O–H groups in total. The van der Waals surface area contributed by atoms with Crippen molar-refractivity contribution in [1.29, 1.82) is 0 Å². The molecule has 0 saturated carbocycles. The van der Waals surface area contributed by atoms with Crippen LogP contribution in [0.3, 0.4) is 0 Å². The van der Waals surface area contributed by atoms with E-state index in [0.29, 0.717) is 11.1 Å². The third-order valence-electron chi connectivity index (χ3n) is 9.58. The molecule has 0 aromatic heterocycles. The minimum absolute atomic E-state index is 0.539. The molecule has 0 bridgehead atoms. The van der Waals surface area contributed by atoms with Crippen LogP contribution in [0.5, 0.6) is 0 Å². The topological polar surface area (TPSA) is 29.5 Å². The lowest BCUT2D eigenvalue weighted by Crippen LogP contribution is -2.51. The van der Waals surface area contributed by atoms with Gasteiger partial charge in [0, 0.05) is 11.8 Å². The first kappa shape index (κ1) is 45.5. The third-order valence-corrected chi connectivity index (χ3v) is 28.4. The van der Waals surface area contributed by atoms with Crippen molar-refractivity contribution in [2.45, 2.75) is 180 Å². The first-order valence-corrected chi connectivity index (χ1v) is 29.1. The standard InChI is InChI=1S/C14H33ClOSi2.C9H19ClSi.C9H22OSi/c1-8-13(3)18(7,14(4)9-2)16-17(5,6)12-10-11-15;1-9(2)8-11(3,4)7-5-6-10;1-6-8(3)11(5,10)9(4)7-2/h13-14H,8-12H2,1-7H3;1,5-8H2,2-4H3;8-10H,6-7H2,1-5H3. The molecule has 0 spiro atoms. The van der Waals surface area contributed by atoms with Crippen molar-refractivity contribution in [3.8, 4) is 0 Å². The Morgan fingerprint density at radius 2 is 1.05 bits per heavy atom. The molecule has 244 valence electrons. The minimum atomic E-state index is -1.91. The summed E-state index contributed by atoms with van der Waals surface area (Å²) in [6.45, 7) is 38.3. The molecule has 4 unspecified atom stereocenters. The predicted molar refractivity (Wildman–Crippen MR) is 200 cm³/mol. The smallest absolute Gasteiger partial charge is 0.191 e. The quantitative estimate of drug-likeness (QED) is 0.0891. The number of alkyl halides is 2. The molecule has 0 radical (unpaired) electrons. The molecule has 0 aromatic carbocycles. The van der Waals surface area contributed by atoms with E-state index in [1.807, 2.05) is 0 Å². The van der Waals surface area contributed by atoms with Crippen molar-refractivity contribution in [2.24, 2.45) is 0 Å². The largest absolute Gasteiger partial charge is 0.455 e. The highest BCUT2D eigenvalue weighted by Gasteiger charge is 2.43. The lowest BCUT2D eigenvalue weighted by atomic mass is 10.3. The van der Waals surface area contributed by atoms with Crippen molar-refractivity contribution in [3.05, 3.63) is 12.2 Å². The first-order chi connectivity index (χ1) is 18.2. The molecule has 0 aliphatic carbocycles. The zero-order chi connectivity index (χ0) is 32.4. The summed E-state index contributed by atoms with van der Waals surface area (Å²) in [6, 6.07) is 3.79. The van der Waals surface area contributed by atoms with Gasteiger partial charge in [-0.25, -0.2) is 0 Å². The first-order valence-electron chi connectivity index (χ1n) is 16.4. The van der Waals surface area contributed by atoms with Crippen LogP contribution in [0.15, 0.2) is 12.2 Å². The van der Waals surface area contributed by atoms with Crippen LogP contribution in [0.2, 0.25) is 79.6 Å². The Kier molecular flexibility index (Phi) is 25.7. The number of allylic oxidation sites excluding steroid dienone is 1. The molecule has 2 nitrogen and oxygen atoms in total. The summed E-state index contributed by atoms with van der Waals surface area (Å²) in [6.07, 6.45) is 6.99. The zero-order valence-corrected chi connectivity index (χ0v) is 35.4. The van der Waals surface area contributed by atoms with Gasteiger partial charge in [-0.1, -0.05) is 106 Å². The maximum absolute atomic E-state index is 10.2. The number of halogens is 2. The molecule has 0 amide bonds. The lowest BCUT2D eigenvalue weighted by Gasteiger charge is -2.44. The Labute approximate surface area is 268 Å². The number of rotatable bonds is 18. The van der Waals surface area contributed by atoms with Crippen molar-refractivity contribution in [1.82, 2.24) is 0 Å². The van der Waals surface area contributed by atoms with Gasteiger partial charge in [0.25, 0.3) is 0 Å². The molecule has 0 aromatic rings. The predicted octanol–water partition coefficient (Wildman–Crippen LogP) is 13.1. The van der Waals surface area contributed by atoms with E-state index in [-0.39, 0.29) is 0 Å². The summed E-state index contributed by atoms with van der Waals surface area (Å²) in [5.41, 5.74) is 3.90. The highest BCUT2D eigenvalue weighted by atomic mass is 35.5. The molecule has 4 atom stereocenters. The lowest BCUT2D eigenvalue weighted by molar-refractivity contribution is 0.479. The van der Waals surface area contributed by atoms with Gasteiger partial charge in [-0.2, -0.15) is 0 Å². The second kappa shape index (κ2) is 22.6. The van der Waals surface area contributed by atoms with Crippen LogP contribution in [0.25, 0.3) is 0 Å². The van der Waals surface area contributed by atoms with Gasteiger partial charge in [-0.3, -0.25) is 0 Å². The molecule has 40 heavy (non-hydrogen) atoms. The van der Waals surface area contributed by atoms with E-state index in [9.17, 15) is 4.80 Å². The van der Waals surface area contributed by atoms with Crippen LogP contribution >= 0.6 is 23.2 Å². The average Bonchev–Trinajstić information content (AvgIpc) is 2.88. The average molecular weight is 674 g/mol. The maximum atomic E-state index is 10.2. The fraction of sp³-hybridized carbons (Fsp3) is 0.938. The highest BCUT2D eigenvalue weighted by molar-refractivity contribution is 6.87. The van der Waals surface area contributed by atoms with E-state index in [2.05, 4.69) is 108 Å². The fourth-order valence-electron chi connectivity index (χ4n) is 5.40. The molecule has 0 aliphatic rings. The van der Waals surface area contributed by atoms with Crippen LogP contribution in [0, 0.1) is 0 Å². The van der Waals surface area contributed by atoms with Crippen LogP contribution in [0.4, 0.5) is 0 Å². The molecule has 0 aliphatic heterocycles. The summed E-state index contributed by atoms with van der Waals surface area (Å²) < 4.78 is 6.85. The van der Waals surface area contributed by atoms with Gasteiger partial charge >= 0.3 is 0 Å². The van der Waals surface area contributed by atoms with Gasteiger partial charge in [0.15, 0.2) is 25.0 Å². The number of hydrogen-bond donors (Lipinski definition) is 1. The van der Waals surface area contributed by atoms with Gasteiger partial charge in [0.1, 0.15) is 0 Å². The third kappa shape index (κ3) is 19.4. The normalized spacial score (nSPS) is 18.1. The second-order valence-electron chi connectivity index (χ2n) is 14.4. The van der Waals surface area contributed by atoms with E-state index >= 15 is 0 Å². The molecule has 0 rings (SSSR count). The zero-order valence-electron chi connectivity index (χ0n) is 29.9. The Bertz CT molecular complexity index is 622. The molecule has 0 fully saturated rings.